The molecule has 11 nitrogen and oxygen atoms in total. The maximum Gasteiger partial charge on any atom is 0.416 e. The van der Waals surface area contributed by atoms with Gasteiger partial charge in [-0.05, 0) is 92.6 Å². The molecule has 0 spiro atoms. The van der Waals surface area contributed by atoms with E-state index in [4.69, 9.17) is 24.7 Å². The number of rotatable bonds is 12. The lowest BCUT2D eigenvalue weighted by atomic mass is 9.88. The van der Waals surface area contributed by atoms with Gasteiger partial charge in [0.15, 0.2) is 0 Å². The number of nitrogens with one attached hydrogen (secondary N) is 1. The first-order valence-electron chi connectivity index (χ1n) is 19.7. The van der Waals surface area contributed by atoms with E-state index in [1.54, 1.807) is 12.1 Å². The lowest BCUT2D eigenvalue weighted by Crippen LogP contribution is -2.59. The summed E-state index contributed by atoms with van der Waals surface area (Å²) in [5.41, 5.74) is 8.41. The monoisotopic (exact) mass is 906 g/mol. The highest BCUT2D eigenvalue weighted by atomic mass is 32.2. The molecule has 1 atom stereocenters. The Labute approximate surface area is 367 Å². The summed E-state index contributed by atoms with van der Waals surface area (Å²) in [6, 6.07) is 27.6. The lowest BCUT2D eigenvalue weighted by molar-refractivity contribution is -0.138. The van der Waals surface area contributed by atoms with E-state index in [9.17, 15) is 30.6 Å². The molecule has 1 unspecified atom stereocenters. The van der Waals surface area contributed by atoms with Gasteiger partial charge in [-0.25, -0.2) is 18.3 Å². The molecule has 2 aliphatic heterocycles. The molecule has 0 bridgehead atoms. The Hall–Kier alpha value is -6.05. The molecule has 64 heavy (non-hydrogen) atoms. The fraction of sp³-hybridized carbons (Fsp3) is 0.261. The standard InChI is InChI=1S/C25H26F3N3O3S.C21H18F3N3O2/c1-5-31-22(34-20-11-9-18(10-12-20)25(26,27)28)14-21(29-31)17-7-6-8-19(13-17)24(15-33-16-24)30-35(32)23(2,3)4;1-2-27-19(29-17-8-6-15(7-9-17)21(22,23)24)11-18(26-27)14-4-3-5-16(10-14)20(25)12-28-13-20/h5-14,30H,1,15-16H2,2-4H3;2-11H,1,12-13,25H2. The molecule has 4 aromatic carbocycles. The summed E-state index contributed by atoms with van der Waals surface area (Å²) >= 11 is 0. The SMILES string of the molecule is C=Cn1nc(-c2cccc(C3(N)COC3)c2)cc1Oc1ccc(C(F)(F)F)cc1.C=Cn1nc(-c2cccc(C3(NS(=O)C(C)(C)C)COC3)c2)cc1Oc1ccc(C(F)(F)F)cc1. The molecule has 4 heterocycles. The Bertz CT molecular complexity index is 2650. The summed E-state index contributed by atoms with van der Waals surface area (Å²) < 4.78 is 117. The zero-order valence-corrected chi connectivity index (χ0v) is 35.7. The Morgan fingerprint density at radius 1 is 0.672 bits per heavy atom. The van der Waals surface area contributed by atoms with Crippen molar-refractivity contribution in [1.29, 1.82) is 0 Å². The number of ether oxygens (including phenoxy) is 4. The van der Waals surface area contributed by atoms with Crippen LogP contribution >= 0.6 is 0 Å². The third kappa shape index (κ3) is 10.2. The fourth-order valence-electron chi connectivity index (χ4n) is 6.49. The number of hydrogen-bond acceptors (Lipinski definition) is 8. The Morgan fingerprint density at radius 2 is 1.09 bits per heavy atom. The van der Waals surface area contributed by atoms with Gasteiger partial charge in [0, 0.05) is 35.7 Å². The molecule has 0 radical (unpaired) electrons. The number of hydrogen-bond donors (Lipinski definition) is 2. The van der Waals surface area contributed by atoms with Crippen LogP contribution in [0.3, 0.4) is 0 Å². The molecule has 18 heteroatoms. The van der Waals surface area contributed by atoms with E-state index in [-0.39, 0.29) is 11.5 Å². The van der Waals surface area contributed by atoms with Crippen LogP contribution in [0.15, 0.2) is 122 Å². The Morgan fingerprint density at radius 3 is 1.45 bits per heavy atom. The molecule has 0 amide bonds. The van der Waals surface area contributed by atoms with Crippen LogP contribution in [0, 0.1) is 0 Å². The molecule has 2 fully saturated rings. The van der Waals surface area contributed by atoms with Crippen molar-refractivity contribution in [3.8, 4) is 45.8 Å². The summed E-state index contributed by atoms with van der Waals surface area (Å²) in [6.07, 6.45) is -5.92. The van der Waals surface area contributed by atoms with Crippen LogP contribution in [0.2, 0.25) is 0 Å². The van der Waals surface area contributed by atoms with Gasteiger partial charge in [-0.3, -0.25) is 0 Å². The summed E-state index contributed by atoms with van der Waals surface area (Å²) in [5.74, 6) is 1.12. The molecule has 2 aromatic heterocycles. The molecule has 2 saturated heterocycles. The topological polar surface area (TPSA) is 128 Å². The van der Waals surface area contributed by atoms with Crippen molar-refractivity contribution in [2.24, 2.45) is 5.73 Å². The van der Waals surface area contributed by atoms with E-state index in [0.717, 1.165) is 46.5 Å². The molecular weight excluding hydrogens is 863 g/mol. The third-order valence-corrected chi connectivity index (χ3v) is 12.0. The summed E-state index contributed by atoms with van der Waals surface area (Å²) in [4.78, 5) is 0. The largest absolute Gasteiger partial charge is 0.439 e. The normalized spacial score (nSPS) is 16.0. The van der Waals surface area contributed by atoms with E-state index in [2.05, 4.69) is 28.1 Å². The molecule has 0 aliphatic carbocycles. The second-order valence-corrected chi connectivity index (χ2v) is 18.1. The highest BCUT2D eigenvalue weighted by molar-refractivity contribution is 7.84. The number of alkyl halides is 6. The van der Waals surface area contributed by atoms with Gasteiger partial charge in [-0.2, -0.15) is 36.5 Å². The minimum atomic E-state index is -4.42. The summed E-state index contributed by atoms with van der Waals surface area (Å²) in [5, 5.41) is 8.94. The molecular formula is C46H44F6N6O5S. The summed E-state index contributed by atoms with van der Waals surface area (Å²) in [7, 11) is -1.29. The lowest BCUT2D eigenvalue weighted by Gasteiger charge is -2.43. The van der Waals surface area contributed by atoms with Crippen LogP contribution in [0.25, 0.3) is 34.9 Å². The van der Waals surface area contributed by atoms with Crippen molar-refractivity contribution >= 4 is 23.4 Å². The van der Waals surface area contributed by atoms with Crippen LogP contribution in [-0.2, 0) is 43.9 Å². The van der Waals surface area contributed by atoms with E-state index in [1.165, 1.54) is 46.0 Å². The van der Waals surface area contributed by atoms with Crippen LogP contribution < -0.4 is 19.9 Å². The first-order valence-corrected chi connectivity index (χ1v) is 20.9. The predicted molar refractivity (Wildman–Crippen MR) is 231 cm³/mol. The van der Waals surface area contributed by atoms with Crippen LogP contribution in [-0.4, -0.2) is 54.9 Å². The number of halogens is 6. The zero-order chi connectivity index (χ0) is 46.1. The minimum Gasteiger partial charge on any atom is -0.439 e. The van der Waals surface area contributed by atoms with Gasteiger partial charge < -0.3 is 24.7 Å². The van der Waals surface area contributed by atoms with Crippen molar-refractivity contribution < 1.29 is 49.5 Å². The first-order chi connectivity index (χ1) is 30.2. The Balaban J connectivity index is 0.000000195. The molecule has 6 aromatic rings. The maximum atomic E-state index is 12.8. The highest BCUT2D eigenvalue weighted by Gasteiger charge is 2.44. The minimum absolute atomic E-state index is 0.237. The number of benzene rings is 4. The molecule has 336 valence electrons. The van der Waals surface area contributed by atoms with Crippen LogP contribution in [0.1, 0.15) is 43.0 Å². The van der Waals surface area contributed by atoms with Crippen molar-refractivity contribution in [3.05, 3.63) is 145 Å². The number of aromatic nitrogens is 4. The molecule has 2 aliphatic rings. The van der Waals surface area contributed by atoms with Crippen molar-refractivity contribution in [3.63, 3.8) is 0 Å². The average Bonchev–Trinajstić information content (AvgIpc) is 3.84. The van der Waals surface area contributed by atoms with Gasteiger partial charge in [-0.1, -0.05) is 49.6 Å². The van der Waals surface area contributed by atoms with E-state index in [0.29, 0.717) is 49.6 Å². The van der Waals surface area contributed by atoms with E-state index in [1.807, 2.05) is 69.3 Å². The van der Waals surface area contributed by atoms with Crippen molar-refractivity contribution in [2.45, 2.75) is 48.9 Å². The van der Waals surface area contributed by atoms with Gasteiger partial charge in [-0.15, -0.1) is 0 Å². The second-order valence-electron chi connectivity index (χ2n) is 16.1. The predicted octanol–water partition coefficient (Wildman–Crippen LogP) is 10.4. The van der Waals surface area contributed by atoms with Gasteiger partial charge in [0.25, 0.3) is 0 Å². The van der Waals surface area contributed by atoms with Crippen molar-refractivity contribution in [2.75, 3.05) is 26.4 Å². The third-order valence-electron chi connectivity index (χ3n) is 10.3. The van der Waals surface area contributed by atoms with E-state index >= 15 is 0 Å². The van der Waals surface area contributed by atoms with E-state index < -0.39 is 50.3 Å². The summed E-state index contributed by atoms with van der Waals surface area (Å²) in [6.45, 7) is 14.8. The first kappa shape index (κ1) is 46.0. The maximum absolute atomic E-state index is 12.8. The quantitative estimate of drug-likeness (QED) is 0.116. The highest BCUT2D eigenvalue weighted by Crippen LogP contribution is 2.37. The van der Waals surface area contributed by atoms with Crippen LogP contribution in [0.4, 0.5) is 26.3 Å². The van der Waals surface area contributed by atoms with Gasteiger partial charge >= 0.3 is 12.4 Å². The average molecular weight is 907 g/mol. The molecule has 0 saturated carbocycles. The van der Waals surface area contributed by atoms with Gasteiger partial charge in [0.1, 0.15) is 17.0 Å². The molecule has 8 rings (SSSR count). The zero-order valence-electron chi connectivity index (χ0n) is 34.9. The fourth-order valence-corrected chi connectivity index (χ4v) is 7.39. The second kappa shape index (κ2) is 17.8. The Kier molecular flexibility index (Phi) is 12.8. The smallest absolute Gasteiger partial charge is 0.416 e. The number of nitrogens with two attached hydrogens (primary N) is 1. The molecule has 3 N–H and O–H groups in total. The number of nitrogens with zero attached hydrogens (tertiary/aromatic N) is 4. The van der Waals surface area contributed by atoms with Gasteiger partial charge in [0.05, 0.1) is 70.2 Å². The van der Waals surface area contributed by atoms with Crippen LogP contribution in [0.5, 0.6) is 23.3 Å². The van der Waals surface area contributed by atoms with Crippen molar-refractivity contribution in [1.82, 2.24) is 24.3 Å². The van der Waals surface area contributed by atoms with Gasteiger partial charge in [0.2, 0.25) is 11.8 Å².